The number of hydrogen-bond donors (Lipinski definition) is 1. The highest BCUT2D eigenvalue weighted by Crippen LogP contribution is 2.13. The van der Waals surface area contributed by atoms with E-state index in [1.54, 1.807) is 0 Å². The molecule has 0 aromatic heterocycles. The Bertz CT molecular complexity index is 954. The topological polar surface area (TPSA) is 55.8 Å². The van der Waals surface area contributed by atoms with Crippen LogP contribution in [0.1, 0.15) is 194 Å². The molecule has 0 aromatic rings. The summed E-state index contributed by atoms with van der Waals surface area (Å²) in [4.78, 5) is 12.2. The summed E-state index contributed by atoms with van der Waals surface area (Å²) in [6.07, 6.45) is 63.7. The van der Waals surface area contributed by atoms with Crippen molar-refractivity contribution in [2.75, 3.05) is 19.8 Å². The fourth-order valence-corrected chi connectivity index (χ4v) is 5.91. The zero-order valence-corrected chi connectivity index (χ0v) is 34.8. The van der Waals surface area contributed by atoms with Crippen LogP contribution in [-0.4, -0.2) is 37.0 Å². The molecule has 4 heteroatoms. The average molecular weight is 737 g/mol. The Kier molecular flexibility index (Phi) is 43.6. The van der Waals surface area contributed by atoms with Gasteiger partial charge in [-0.2, -0.15) is 0 Å². The van der Waals surface area contributed by atoms with Gasteiger partial charge in [0.25, 0.3) is 0 Å². The number of carbonyl (C=O) groups is 1. The molecule has 0 heterocycles. The number of rotatable bonds is 40. The number of hydrogen-bond acceptors (Lipinski definition) is 4. The SMILES string of the molecule is CC/C=C\C/C=C\C/C=C\C/C=C\C/C=C\CCCCOCC(CO)OC(=O)CCCCCCCCCCCCC/C=C\C/C=C\CCCCCCC. The van der Waals surface area contributed by atoms with Crippen molar-refractivity contribution in [3.8, 4) is 0 Å². The van der Waals surface area contributed by atoms with Gasteiger partial charge in [0, 0.05) is 13.0 Å². The minimum atomic E-state index is -0.563. The molecule has 0 saturated heterocycles. The van der Waals surface area contributed by atoms with Gasteiger partial charge in [-0.1, -0.05) is 182 Å². The molecular formula is C49H84O4. The van der Waals surface area contributed by atoms with E-state index in [0.29, 0.717) is 13.0 Å². The van der Waals surface area contributed by atoms with Gasteiger partial charge < -0.3 is 14.6 Å². The van der Waals surface area contributed by atoms with Crippen molar-refractivity contribution in [2.45, 2.75) is 200 Å². The average Bonchev–Trinajstić information content (AvgIpc) is 3.16. The molecule has 53 heavy (non-hydrogen) atoms. The largest absolute Gasteiger partial charge is 0.457 e. The van der Waals surface area contributed by atoms with E-state index < -0.39 is 6.10 Å². The van der Waals surface area contributed by atoms with E-state index in [1.165, 1.54) is 103 Å². The van der Waals surface area contributed by atoms with E-state index in [9.17, 15) is 9.90 Å². The van der Waals surface area contributed by atoms with Crippen molar-refractivity contribution >= 4 is 5.97 Å². The van der Waals surface area contributed by atoms with Crippen molar-refractivity contribution in [3.63, 3.8) is 0 Å². The van der Waals surface area contributed by atoms with Crippen molar-refractivity contribution < 1.29 is 19.4 Å². The smallest absolute Gasteiger partial charge is 0.306 e. The van der Waals surface area contributed by atoms with Gasteiger partial charge in [0.2, 0.25) is 0 Å². The molecule has 4 nitrogen and oxygen atoms in total. The monoisotopic (exact) mass is 737 g/mol. The summed E-state index contributed by atoms with van der Waals surface area (Å²) in [5.41, 5.74) is 0. The van der Waals surface area contributed by atoms with Crippen molar-refractivity contribution in [3.05, 3.63) is 85.1 Å². The molecule has 0 rings (SSSR count). The van der Waals surface area contributed by atoms with E-state index >= 15 is 0 Å². The molecule has 304 valence electrons. The van der Waals surface area contributed by atoms with Gasteiger partial charge in [0.1, 0.15) is 6.10 Å². The molecule has 1 N–H and O–H groups in total. The minimum absolute atomic E-state index is 0.194. The first-order valence-corrected chi connectivity index (χ1v) is 22.2. The highest BCUT2D eigenvalue weighted by molar-refractivity contribution is 5.69. The van der Waals surface area contributed by atoms with Crippen LogP contribution < -0.4 is 0 Å². The van der Waals surface area contributed by atoms with Crippen LogP contribution in [0.4, 0.5) is 0 Å². The predicted molar refractivity (Wildman–Crippen MR) is 232 cm³/mol. The van der Waals surface area contributed by atoms with Crippen LogP contribution in [-0.2, 0) is 14.3 Å². The number of carbonyl (C=O) groups excluding carboxylic acids is 1. The zero-order valence-electron chi connectivity index (χ0n) is 34.8. The van der Waals surface area contributed by atoms with Crippen LogP contribution in [0.25, 0.3) is 0 Å². The summed E-state index contributed by atoms with van der Waals surface area (Å²) in [7, 11) is 0. The van der Waals surface area contributed by atoms with Crippen LogP contribution in [0.15, 0.2) is 85.1 Å². The Labute approximate surface area is 329 Å². The lowest BCUT2D eigenvalue weighted by atomic mass is 10.0. The van der Waals surface area contributed by atoms with Gasteiger partial charge in [0.05, 0.1) is 13.2 Å². The first kappa shape index (κ1) is 50.6. The molecule has 0 aliphatic heterocycles. The maximum atomic E-state index is 12.2. The maximum absolute atomic E-state index is 12.2. The lowest BCUT2D eigenvalue weighted by Crippen LogP contribution is -2.27. The molecule has 0 bridgehead atoms. The molecule has 0 aliphatic carbocycles. The van der Waals surface area contributed by atoms with Gasteiger partial charge in [-0.15, -0.1) is 0 Å². The second kappa shape index (κ2) is 45.7. The second-order valence-electron chi connectivity index (χ2n) is 14.4. The normalized spacial score (nSPS) is 13.2. The molecule has 1 unspecified atom stereocenters. The zero-order chi connectivity index (χ0) is 38.4. The van der Waals surface area contributed by atoms with E-state index in [-0.39, 0.29) is 19.2 Å². The van der Waals surface area contributed by atoms with Crippen molar-refractivity contribution in [1.82, 2.24) is 0 Å². The third kappa shape index (κ3) is 43.9. The van der Waals surface area contributed by atoms with Gasteiger partial charge in [-0.05, 0) is 89.9 Å². The summed E-state index contributed by atoms with van der Waals surface area (Å²) in [6.45, 7) is 5.12. The summed E-state index contributed by atoms with van der Waals surface area (Å²) >= 11 is 0. The van der Waals surface area contributed by atoms with Gasteiger partial charge in [-0.25, -0.2) is 0 Å². The fraction of sp³-hybridized carbons (Fsp3) is 0.694. The highest BCUT2D eigenvalue weighted by Gasteiger charge is 2.13. The Morgan fingerprint density at radius 1 is 0.472 bits per heavy atom. The standard InChI is InChI=1S/C49H84O4/c1-3-5-7-9-11-13-15-17-19-21-23-24-25-26-27-28-30-32-34-36-38-40-42-44-49(51)53-48(46-50)47-52-45-43-41-39-37-35-33-31-29-22-20-18-16-14-12-10-8-6-4-2/h6,8,12,14-15,17-18,20-21,23,29,31,35,37,48,50H,3-5,7,9-11,13,16,19,22,24-28,30,32-34,36,38-47H2,1-2H3/b8-6-,14-12-,17-15-,20-18-,23-21-,31-29-,37-35-. The Morgan fingerprint density at radius 2 is 0.849 bits per heavy atom. The van der Waals surface area contributed by atoms with E-state index in [1.807, 2.05) is 0 Å². The number of aliphatic hydroxyl groups excluding tert-OH is 1. The molecule has 0 aliphatic rings. The third-order valence-corrected chi connectivity index (χ3v) is 9.20. The van der Waals surface area contributed by atoms with Crippen LogP contribution in [0.3, 0.4) is 0 Å². The fourth-order valence-electron chi connectivity index (χ4n) is 5.91. The molecule has 0 spiro atoms. The van der Waals surface area contributed by atoms with Gasteiger partial charge >= 0.3 is 5.97 Å². The minimum Gasteiger partial charge on any atom is -0.457 e. The number of aliphatic hydroxyl groups is 1. The molecule has 0 fully saturated rings. The van der Waals surface area contributed by atoms with Gasteiger partial charge in [0.15, 0.2) is 0 Å². The van der Waals surface area contributed by atoms with Crippen molar-refractivity contribution in [1.29, 1.82) is 0 Å². The number of ether oxygens (including phenoxy) is 2. The summed E-state index contributed by atoms with van der Waals surface area (Å²) in [5.74, 6) is -0.220. The third-order valence-electron chi connectivity index (χ3n) is 9.20. The molecule has 0 amide bonds. The van der Waals surface area contributed by atoms with Crippen LogP contribution in [0.5, 0.6) is 0 Å². The van der Waals surface area contributed by atoms with Crippen LogP contribution >= 0.6 is 0 Å². The van der Waals surface area contributed by atoms with Crippen LogP contribution in [0, 0.1) is 0 Å². The summed E-state index contributed by atoms with van der Waals surface area (Å²) < 4.78 is 11.1. The lowest BCUT2D eigenvalue weighted by molar-refractivity contribution is -0.154. The Hall–Kier alpha value is -2.43. The molecule has 0 radical (unpaired) electrons. The second-order valence-corrected chi connectivity index (χ2v) is 14.4. The molecular weight excluding hydrogens is 653 g/mol. The first-order valence-electron chi connectivity index (χ1n) is 22.2. The molecule has 0 saturated carbocycles. The summed E-state index contributed by atoms with van der Waals surface area (Å²) in [6, 6.07) is 0. The lowest BCUT2D eigenvalue weighted by Gasteiger charge is -2.15. The number of unbranched alkanes of at least 4 members (excludes halogenated alkanes) is 18. The van der Waals surface area contributed by atoms with Gasteiger partial charge in [-0.3, -0.25) is 4.79 Å². The first-order chi connectivity index (χ1) is 26.2. The number of allylic oxidation sites excluding steroid dienone is 14. The molecule has 0 aromatic carbocycles. The predicted octanol–water partition coefficient (Wildman–Crippen LogP) is 14.8. The van der Waals surface area contributed by atoms with E-state index in [2.05, 4.69) is 98.9 Å². The highest BCUT2D eigenvalue weighted by atomic mass is 16.6. The summed E-state index contributed by atoms with van der Waals surface area (Å²) in [5, 5.41) is 9.61. The number of esters is 1. The molecule has 1 atom stereocenters. The Morgan fingerprint density at radius 3 is 1.28 bits per heavy atom. The van der Waals surface area contributed by atoms with Crippen molar-refractivity contribution in [2.24, 2.45) is 0 Å². The van der Waals surface area contributed by atoms with E-state index in [0.717, 1.165) is 70.6 Å². The van der Waals surface area contributed by atoms with Crippen LogP contribution in [0.2, 0.25) is 0 Å². The quantitative estimate of drug-likeness (QED) is 0.0387. The van der Waals surface area contributed by atoms with E-state index in [4.69, 9.17) is 9.47 Å². The maximum Gasteiger partial charge on any atom is 0.306 e. The Balaban J connectivity index is 3.52.